The molecular weight excluding hydrogens is 627 g/mol. The molecule has 13 heteroatoms. The zero-order valence-electron chi connectivity index (χ0n) is 27.4. The Labute approximate surface area is 276 Å². The van der Waals surface area contributed by atoms with E-state index in [1.54, 1.807) is 19.1 Å². The van der Waals surface area contributed by atoms with Crippen molar-refractivity contribution in [3.8, 4) is 11.5 Å². The fraction of sp³-hybridized carbons (Fsp3) is 0.559. The minimum absolute atomic E-state index is 0.0223. The second-order valence-electron chi connectivity index (χ2n) is 12.9. The second kappa shape index (κ2) is 14.9. The topological polar surface area (TPSA) is 126 Å². The number of amides is 3. The number of halogens is 1. The summed E-state index contributed by atoms with van der Waals surface area (Å²) < 4.78 is 51.4. The first-order valence-corrected chi connectivity index (χ1v) is 18.1. The number of nitrogens with zero attached hydrogens (tertiary/aromatic N) is 3. The van der Waals surface area contributed by atoms with Gasteiger partial charge in [0.05, 0.1) is 26.2 Å². The van der Waals surface area contributed by atoms with Crippen LogP contribution in [0.4, 0.5) is 10.1 Å². The summed E-state index contributed by atoms with van der Waals surface area (Å²) in [6.45, 7) is 1.34. The number of hydrogen-bond acceptors (Lipinski definition) is 7. The van der Waals surface area contributed by atoms with Crippen molar-refractivity contribution in [2.24, 2.45) is 11.8 Å². The number of methoxy groups -OCH3 is 2. The Morgan fingerprint density at radius 2 is 1.83 bits per heavy atom. The molecule has 3 heterocycles. The highest BCUT2D eigenvalue weighted by Crippen LogP contribution is 2.37. The summed E-state index contributed by atoms with van der Waals surface area (Å²) in [6, 6.07) is 8.99. The van der Waals surface area contributed by atoms with Gasteiger partial charge in [-0.25, -0.2) is 12.8 Å². The van der Waals surface area contributed by atoms with Crippen LogP contribution in [0.5, 0.6) is 11.5 Å². The van der Waals surface area contributed by atoms with E-state index in [2.05, 4.69) is 11.4 Å². The monoisotopic (exact) mass is 672 g/mol. The van der Waals surface area contributed by atoms with Crippen LogP contribution in [0, 0.1) is 17.7 Å². The highest BCUT2D eigenvalue weighted by Gasteiger charge is 2.43. The van der Waals surface area contributed by atoms with Crippen LogP contribution in [-0.4, -0.2) is 95.2 Å². The highest BCUT2D eigenvalue weighted by atomic mass is 32.2. The van der Waals surface area contributed by atoms with Crippen molar-refractivity contribution in [2.45, 2.75) is 57.4 Å². The van der Waals surface area contributed by atoms with Crippen molar-refractivity contribution in [1.29, 1.82) is 0 Å². The van der Waals surface area contributed by atoms with Gasteiger partial charge in [0, 0.05) is 45.1 Å². The number of carbonyl (C=O) groups excluding carboxylic acids is 3. The third-order valence-corrected chi connectivity index (χ3v) is 10.6. The van der Waals surface area contributed by atoms with Gasteiger partial charge in [-0.2, -0.15) is 0 Å². The van der Waals surface area contributed by atoms with E-state index in [-0.39, 0.29) is 41.3 Å². The van der Waals surface area contributed by atoms with Crippen LogP contribution in [0.25, 0.3) is 0 Å². The van der Waals surface area contributed by atoms with Gasteiger partial charge in [0.1, 0.15) is 12.4 Å². The summed E-state index contributed by atoms with van der Waals surface area (Å²) in [7, 11) is -0.671. The number of fused-ring (bicyclic) bond motifs is 6. The van der Waals surface area contributed by atoms with Crippen molar-refractivity contribution in [3.63, 3.8) is 0 Å². The number of ether oxygens (including phenoxy) is 2. The molecule has 2 aromatic rings. The Morgan fingerprint density at radius 3 is 2.55 bits per heavy atom. The summed E-state index contributed by atoms with van der Waals surface area (Å²) in [5, 5.41) is 3.01. The number of rotatable bonds is 6. The van der Waals surface area contributed by atoms with E-state index in [4.69, 9.17) is 9.47 Å². The Bertz CT molecular complexity index is 1590. The van der Waals surface area contributed by atoms with Crippen molar-refractivity contribution in [3.05, 3.63) is 53.3 Å². The molecule has 47 heavy (non-hydrogen) atoms. The molecule has 3 aliphatic heterocycles. The molecule has 3 atom stereocenters. The van der Waals surface area contributed by atoms with E-state index in [1.165, 1.54) is 18.2 Å². The highest BCUT2D eigenvalue weighted by molar-refractivity contribution is 7.92. The first-order chi connectivity index (χ1) is 22.5. The van der Waals surface area contributed by atoms with Gasteiger partial charge in [0.2, 0.25) is 27.7 Å². The minimum atomic E-state index is -3.87. The molecule has 2 saturated heterocycles. The van der Waals surface area contributed by atoms with Crippen molar-refractivity contribution < 1.29 is 36.7 Å². The normalized spacial score (nSPS) is 22.6. The standard InChI is InChI=1S/C34H45FN4O7S/c1-45-30-17-23-12-13-32(41)38-20-24-16-26(29(38)10-5-11-31(40)36-14-6-7-25(15-23)34(30)46-2)21-37(19-24)33(42)22-39(47(3,43)44)28-9-4-8-27(35)18-28/h4,8-9,15,17-18,24,26,29H,5-7,10-14,16,19-22H2,1-3H3,(H,36,40)/t24-,26-,29-/m0/s1. The Balaban J connectivity index is 1.35. The maximum absolute atomic E-state index is 14.0. The molecule has 0 saturated carbocycles. The number of sulfonamides is 1. The third-order valence-electron chi connectivity index (χ3n) is 9.51. The molecule has 0 aromatic heterocycles. The van der Waals surface area contributed by atoms with E-state index in [1.807, 2.05) is 11.0 Å². The quantitative estimate of drug-likeness (QED) is 0.500. The van der Waals surface area contributed by atoms with E-state index in [0.29, 0.717) is 76.2 Å². The molecule has 3 aliphatic rings. The van der Waals surface area contributed by atoms with Crippen molar-refractivity contribution in [1.82, 2.24) is 15.1 Å². The van der Waals surface area contributed by atoms with E-state index >= 15 is 0 Å². The molecule has 0 unspecified atom stereocenters. The van der Waals surface area contributed by atoms with Crippen molar-refractivity contribution in [2.75, 3.05) is 57.5 Å². The molecule has 2 aromatic carbocycles. The van der Waals surface area contributed by atoms with Gasteiger partial charge in [0.25, 0.3) is 0 Å². The lowest BCUT2D eigenvalue weighted by molar-refractivity contribution is -0.145. The molecule has 5 rings (SSSR count). The third kappa shape index (κ3) is 8.35. The predicted molar refractivity (Wildman–Crippen MR) is 175 cm³/mol. The van der Waals surface area contributed by atoms with E-state index in [9.17, 15) is 27.2 Å². The van der Waals surface area contributed by atoms with Crippen LogP contribution in [0.15, 0.2) is 36.4 Å². The van der Waals surface area contributed by atoms with Crippen LogP contribution >= 0.6 is 0 Å². The van der Waals surface area contributed by atoms with Crippen molar-refractivity contribution >= 4 is 33.4 Å². The van der Waals surface area contributed by atoms with Gasteiger partial charge < -0.3 is 24.6 Å². The molecule has 3 amide bonds. The van der Waals surface area contributed by atoms with Gasteiger partial charge in [0.15, 0.2) is 11.5 Å². The molecular formula is C34H45FN4O7S. The Hall–Kier alpha value is -3.87. The number of carbonyl (C=O) groups is 3. The molecule has 2 fully saturated rings. The van der Waals surface area contributed by atoms with E-state index < -0.39 is 22.4 Å². The number of piperidine rings is 2. The molecule has 0 radical (unpaired) electrons. The van der Waals surface area contributed by atoms with Crippen LogP contribution in [0.3, 0.4) is 0 Å². The summed E-state index contributed by atoms with van der Waals surface area (Å²) in [4.78, 5) is 43.8. The first-order valence-electron chi connectivity index (χ1n) is 16.3. The lowest BCUT2D eigenvalue weighted by Crippen LogP contribution is -2.61. The van der Waals surface area contributed by atoms with Gasteiger partial charge in [-0.1, -0.05) is 12.1 Å². The molecule has 4 bridgehead atoms. The lowest BCUT2D eigenvalue weighted by Gasteiger charge is -2.51. The van der Waals surface area contributed by atoms with Gasteiger partial charge in [-0.05, 0) is 85.8 Å². The molecule has 256 valence electrons. The molecule has 11 nitrogen and oxygen atoms in total. The fourth-order valence-electron chi connectivity index (χ4n) is 7.36. The lowest BCUT2D eigenvalue weighted by atomic mass is 9.77. The second-order valence-corrected chi connectivity index (χ2v) is 14.8. The molecule has 1 N–H and O–H groups in total. The van der Waals surface area contributed by atoms with Crippen LogP contribution in [0.2, 0.25) is 0 Å². The minimum Gasteiger partial charge on any atom is -0.493 e. The van der Waals surface area contributed by atoms with Crippen LogP contribution < -0.4 is 19.1 Å². The zero-order valence-corrected chi connectivity index (χ0v) is 28.2. The van der Waals surface area contributed by atoms with E-state index in [0.717, 1.165) is 40.6 Å². The summed E-state index contributed by atoms with van der Waals surface area (Å²) in [5.41, 5.74) is 2.03. The number of aryl methyl sites for hydroxylation is 2. The number of anilines is 1. The maximum Gasteiger partial charge on any atom is 0.243 e. The molecule has 0 aliphatic carbocycles. The molecule has 0 spiro atoms. The van der Waals surface area contributed by atoms with Gasteiger partial charge in [-0.15, -0.1) is 0 Å². The van der Waals surface area contributed by atoms with Crippen LogP contribution in [-0.2, 0) is 37.2 Å². The zero-order chi connectivity index (χ0) is 33.7. The number of benzene rings is 2. The average Bonchev–Trinajstić information content (AvgIpc) is 3.03. The average molecular weight is 673 g/mol. The number of nitrogens with one attached hydrogen (secondary N) is 1. The summed E-state index contributed by atoms with van der Waals surface area (Å²) >= 11 is 0. The Morgan fingerprint density at radius 1 is 1.02 bits per heavy atom. The van der Waals surface area contributed by atoms with Crippen LogP contribution in [0.1, 0.15) is 49.7 Å². The fourth-order valence-corrected chi connectivity index (χ4v) is 8.20. The largest absolute Gasteiger partial charge is 0.493 e. The predicted octanol–water partition coefficient (Wildman–Crippen LogP) is 3.15. The smallest absolute Gasteiger partial charge is 0.243 e. The van der Waals surface area contributed by atoms with Gasteiger partial charge >= 0.3 is 0 Å². The number of hydrogen-bond donors (Lipinski definition) is 1. The number of likely N-dealkylation sites (tertiary alicyclic amines) is 1. The summed E-state index contributed by atoms with van der Waals surface area (Å²) in [6.07, 6.45) is 5.66. The first kappa shape index (κ1) is 34.5. The SMILES string of the molecule is COc1cc2cc(c1OC)CCCNC(=O)CCC[C@H]1[C@H]3C[C@@H](CN(C(=O)CN(c4cccc(F)c4)S(C)(=O)=O)C3)CN1C(=O)CC2. The van der Waals surface area contributed by atoms with Gasteiger partial charge in [-0.3, -0.25) is 18.7 Å². The maximum atomic E-state index is 14.0. The Kier molecular flexibility index (Phi) is 10.9. The summed E-state index contributed by atoms with van der Waals surface area (Å²) in [5.74, 6) is 0.305.